The standard InChI is InChI=1S/C30H32N2O5/c1-20-27(31-29(37-20)22-7-3-2-4-8-22)19-36-26-13-11-21(12-14-26)15-25(30(34)35)16-28(33)32-17-23-9-5-6-10-24(23)18-32/h2-4,7-8,11-15,23-24H,5-6,9-10,16-19H2,1H3,(H,34,35)/b25-15+/t23-,24+. The number of likely N-dealkylation sites (tertiary alicyclic amines) is 1. The molecule has 1 saturated heterocycles. The molecule has 2 heterocycles. The molecule has 1 aliphatic heterocycles. The van der Waals surface area contributed by atoms with Crippen molar-refractivity contribution in [1.29, 1.82) is 0 Å². The average Bonchev–Trinajstić information content (AvgIpc) is 3.52. The number of rotatable bonds is 8. The van der Waals surface area contributed by atoms with E-state index in [0.717, 1.165) is 24.3 Å². The normalized spacial score (nSPS) is 19.5. The Morgan fingerprint density at radius 3 is 2.38 bits per heavy atom. The van der Waals surface area contributed by atoms with Gasteiger partial charge in [0.2, 0.25) is 11.8 Å². The molecule has 0 bridgehead atoms. The maximum Gasteiger partial charge on any atom is 0.332 e. The molecule has 37 heavy (non-hydrogen) atoms. The molecule has 192 valence electrons. The highest BCUT2D eigenvalue weighted by atomic mass is 16.5. The predicted molar refractivity (Wildman–Crippen MR) is 140 cm³/mol. The average molecular weight is 501 g/mol. The van der Waals surface area contributed by atoms with Gasteiger partial charge in [-0.25, -0.2) is 9.78 Å². The van der Waals surface area contributed by atoms with Crippen LogP contribution in [0.5, 0.6) is 5.75 Å². The highest BCUT2D eigenvalue weighted by molar-refractivity contribution is 5.98. The number of aromatic nitrogens is 1. The first-order valence-electron chi connectivity index (χ1n) is 12.9. The van der Waals surface area contributed by atoms with E-state index in [-0.39, 0.29) is 24.5 Å². The minimum Gasteiger partial charge on any atom is -0.487 e. The molecule has 2 atom stereocenters. The van der Waals surface area contributed by atoms with E-state index in [1.807, 2.05) is 42.2 Å². The minimum absolute atomic E-state index is 0.0950. The van der Waals surface area contributed by atoms with Gasteiger partial charge in [-0.3, -0.25) is 4.79 Å². The Morgan fingerprint density at radius 1 is 1.05 bits per heavy atom. The quantitative estimate of drug-likeness (QED) is 0.397. The van der Waals surface area contributed by atoms with Crippen molar-refractivity contribution < 1.29 is 23.8 Å². The molecule has 0 unspecified atom stereocenters. The van der Waals surface area contributed by atoms with Gasteiger partial charge in [-0.05, 0) is 67.5 Å². The summed E-state index contributed by atoms with van der Waals surface area (Å²) < 4.78 is 11.7. The van der Waals surface area contributed by atoms with E-state index in [0.29, 0.717) is 34.8 Å². The number of carbonyl (C=O) groups excluding carboxylic acids is 1. The van der Waals surface area contributed by atoms with Gasteiger partial charge in [0.25, 0.3) is 0 Å². The SMILES string of the molecule is Cc1oc(-c2ccccc2)nc1COc1ccc(/C=C(\CC(=O)N2C[C@H]3CCCC[C@H]3C2)C(=O)O)cc1. The van der Waals surface area contributed by atoms with Crippen molar-refractivity contribution in [2.24, 2.45) is 11.8 Å². The Kier molecular flexibility index (Phi) is 7.40. The summed E-state index contributed by atoms with van der Waals surface area (Å²) in [4.78, 5) is 31.2. The first kappa shape index (κ1) is 24.8. The zero-order valence-electron chi connectivity index (χ0n) is 21.1. The van der Waals surface area contributed by atoms with Crippen molar-refractivity contribution in [1.82, 2.24) is 9.88 Å². The smallest absolute Gasteiger partial charge is 0.332 e. The first-order chi connectivity index (χ1) is 18.0. The molecular weight excluding hydrogens is 468 g/mol. The Labute approximate surface area is 216 Å². The number of benzene rings is 2. The molecule has 1 aromatic heterocycles. The van der Waals surface area contributed by atoms with Crippen molar-refractivity contribution in [3.8, 4) is 17.2 Å². The number of carboxylic acids is 1. The van der Waals surface area contributed by atoms with Crippen LogP contribution in [0.1, 0.15) is 49.1 Å². The van der Waals surface area contributed by atoms with Crippen molar-refractivity contribution >= 4 is 18.0 Å². The first-order valence-corrected chi connectivity index (χ1v) is 12.9. The second-order valence-electron chi connectivity index (χ2n) is 10.0. The van der Waals surface area contributed by atoms with Crippen LogP contribution in [0.3, 0.4) is 0 Å². The molecule has 7 nitrogen and oxygen atoms in total. The van der Waals surface area contributed by atoms with Crippen LogP contribution in [0.25, 0.3) is 17.5 Å². The summed E-state index contributed by atoms with van der Waals surface area (Å²) in [6, 6.07) is 16.8. The van der Waals surface area contributed by atoms with E-state index in [2.05, 4.69) is 4.98 Å². The largest absolute Gasteiger partial charge is 0.487 e. The number of carboxylic acid groups (broad SMARTS) is 1. The molecule has 0 spiro atoms. The van der Waals surface area contributed by atoms with E-state index < -0.39 is 5.97 Å². The van der Waals surface area contributed by atoms with Gasteiger partial charge in [0, 0.05) is 24.2 Å². The van der Waals surface area contributed by atoms with E-state index in [1.54, 1.807) is 30.3 Å². The van der Waals surface area contributed by atoms with Gasteiger partial charge >= 0.3 is 5.97 Å². The number of aliphatic carboxylic acids is 1. The van der Waals surface area contributed by atoms with Crippen LogP contribution in [-0.2, 0) is 16.2 Å². The van der Waals surface area contributed by atoms with Crippen LogP contribution in [-0.4, -0.2) is 40.0 Å². The minimum atomic E-state index is -1.07. The van der Waals surface area contributed by atoms with Crippen LogP contribution >= 0.6 is 0 Å². The molecule has 1 saturated carbocycles. The van der Waals surface area contributed by atoms with E-state index >= 15 is 0 Å². The molecule has 2 fully saturated rings. The van der Waals surface area contributed by atoms with Gasteiger partial charge in [-0.1, -0.05) is 43.2 Å². The van der Waals surface area contributed by atoms with Crippen LogP contribution in [0, 0.1) is 18.8 Å². The lowest BCUT2D eigenvalue weighted by Crippen LogP contribution is -2.29. The third-order valence-electron chi connectivity index (χ3n) is 7.46. The monoisotopic (exact) mass is 500 g/mol. The Bertz CT molecular complexity index is 1270. The maximum absolute atomic E-state index is 12.9. The molecule has 3 aromatic rings. The summed E-state index contributed by atoms with van der Waals surface area (Å²) >= 11 is 0. The Morgan fingerprint density at radius 2 is 1.73 bits per heavy atom. The summed E-state index contributed by atoms with van der Waals surface area (Å²) in [6.45, 7) is 3.64. The molecule has 2 aromatic carbocycles. The van der Waals surface area contributed by atoms with Crippen LogP contribution < -0.4 is 4.74 Å². The summed E-state index contributed by atoms with van der Waals surface area (Å²) in [6.07, 6.45) is 6.29. The van der Waals surface area contributed by atoms with Crippen molar-refractivity contribution in [2.75, 3.05) is 13.1 Å². The summed E-state index contributed by atoms with van der Waals surface area (Å²) in [5.41, 5.74) is 2.43. The predicted octanol–water partition coefficient (Wildman–Crippen LogP) is 5.74. The number of carbonyl (C=O) groups is 2. The molecule has 1 N–H and O–H groups in total. The molecule has 1 aliphatic carbocycles. The molecule has 2 aliphatic rings. The highest BCUT2D eigenvalue weighted by Crippen LogP contribution is 2.36. The fourth-order valence-corrected chi connectivity index (χ4v) is 5.35. The van der Waals surface area contributed by atoms with Gasteiger partial charge in [-0.15, -0.1) is 0 Å². The van der Waals surface area contributed by atoms with Crippen molar-refractivity contribution in [3.63, 3.8) is 0 Å². The summed E-state index contributed by atoms with van der Waals surface area (Å²) in [7, 11) is 0. The van der Waals surface area contributed by atoms with Crippen LogP contribution in [0.2, 0.25) is 0 Å². The van der Waals surface area contributed by atoms with Crippen LogP contribution in [0.15, 0.2) is 64.6 Å². The number of oxazole rings is 1. The Hall–Kier alpha value is -3.87. The number of fused-ring (bicyclic) bond motifs is 1. The third-order valence-corrected chi connectivity index (χ3v) is 7.46. The van der Waals surface area contributed by atoms with Gasteiger partial charge in [0.1, 0.15) is 23.8 Å². The number of nitrogens with zero attached hydrogens (tertiary/aromatic N) is 2. The topological polar surface area (TPSA) is 92.9 Å². The lowest BCUT2D eigenvalue weighted by molar-refractivity contribution is -0.136. The molecule has 7 heteroatoms. The molecular formula is C30H32N2O5. The van der Waals surface area contributed by atoms with Gasteiger partial charge in [0.15, 0.2) is 0 Å². The number of hydrogen-bond donors (Lipinski definition) is 1. The molecule has 1 amide bonds. The molecule has 5 rings (SSSR count). The third kappa shape index (κ3) is 5.93. The van der Waals surface area contributed by atoms with E-state index in [4.69, 9.17) is 9.15 Å². The van der Waals surface area contributed by atoms with Gasteiger partial charge in [-0.2, -0.15) is 0 Å². The summed E-state index contributed by atoms with van der Waals surface area (Å²) in [5, 5.41) is 9.73. The number of amides is 1. The number of hydrogen-bond acceptors (Lipinski definition) is 5. The highest BCUT2D eigenvalue weighted by Gasteiger charge is 2.36. The fourth-order valence-electron chi connectivity index (χ4n) is 5.35. The summed E-state index contributed by atoms with van der Waals surface area (Å²) in [5.74, 6) is 1.88. The fraction of sp³-hybridized carbons (Fsp3) is 0.367. The second kappa shape index (κ2) is 11.0. The van der Waals surface area contributed by atoms with E-state index in [9.17, 15) is 14.7 Å². The Balaban J connectivity index is 1.19. The van der Waals surface area contributed by atoms with Crippen molar-refractivity contribution in [3.05, 3.63) is 77.2 Å². The van der Waals surface area contributed by atoms with Gasteiger partial charge < -0.3 is 19.2 Å². The second-order valence-corrected chi connectivity index (χ2v) is 10.0. The number of ether oxygens (including phenoxy) is 1. The molecule has 0 radical (unpaired) electrons. The van der Waals surface area contributed by atoms with Crippen molar-refractivity contribution in [2.45, 2.75) is 45.6 Å². The zero-order chi connectivity index (χ0) is 25.8. The number of aryl methyl sites for hydroxylation is 1. The zero-order valence-corrected chi connectivity index (χ0v) is 21.1. The lowest BCUT2D eigenvalue weighted by Gasteiger charge is -2.22. The maximum atomic E-state index is 12.9. The van der Waals surface area contributed by atoms with Crippen LogP contribution in [0.4, 0.5) is 0 Å². The lowest BCUT2D eigenvalue weighted by atomic mass is 9.82. The van der Waals surface area contributed by atoms with Gasteiger partial charge in [0.05, 0.1) is 6.42 Å². The van der Waals surface area contributed by atoms with E-state index in [1.165, 1.54) is 25.7 Å².